The summed E-state index contributed by atoms with van der Waals surface area (Å²) in [5, 5.41) is 4.68. The van der Waals surface area contributed by atoms with Crippen molar-refractivity contribution in [3.8, 4) is 11.3 Å². The number of hydrazone groups is 1. The highest BCUT2D eigenvalue weighted by molar-refractivity contribution is 6.42. The molecule has 0 aliphatic heterocycles. The smallest absolute Gasteiger partial charge is 0.271 e. The first kappa shape index (κ1) is 17.2. The van der Waals surface area contributed by atoms with Crippen molar-refractivity contribution < 1.29 is 13.6 Å². The number of nitrogens with zero attached hydrogens (tertiary/aromatic N) is 1. The van der Waals surface area contributed by atoms with Gasteiger partial charge in [-0.25, -0.2) is 9.82 Å². The first-order valence-corrected chi connectivity index (χ1v) is 7.93. The number of hydrogen-bond acceptors (Lipinski definition) is 3. The summed E-state index contributed by atoms with van der Waals surface area (Å²) in [6.45, 7) is 0. The molecule has 2 aromatic carbocycles. The summed E-state index contributed by atoms with van der Waals surface area (Å²) >= 11 is 11.9. The Labute approximate surface area is 152 Å². The largest absolute Gasteiger partial charge is 0.455 e. The number of rotatable bonds is 4. The number of hydrogen-bond donors (Lipinski definition) is 1. The van der Waals surface area contributed by atoms with Crippen molar-refractivity contribution in [1.29, 1.82) is 0 Å². The lowest BCUT2D eigenvalue weighted by Gasteiger charge is -2.00. The molecular formula is C18H11Cl2FN2O2. The maximum absolute atomic E-state index is 13.1. The van der Waals surface area contributed by atoms with E-state index in [1.807, 2.05) is 0 Å². The van der Waals surface area contributed by atoms with Crippen LogP contribution < -0.4 is 5.43 Å². The highest BCUT2D eigenvalue weighted by atomic mass is 35.5. The van der Waals surface area contributed by atoms with E-state index in [0.29, 0.717) is 21.6 Å². The van der Waals surface area contributed by atoms with E-state index in [0.717, 1.165) is 11.6 Å². The third-order valence-electron chi connectivity index (χ3n) is 3.28. The summed E-state index contributed by atoms with van der Waals surface area (Å²) in [5.74, 6) is -0.00182. The Morgan fingerprint density at radius 2 is 1.92 bits per heavy atom. The van der Waals surface area contributed by atoms with Gasteiger partial charge in [0, 0.05) is 11.1 Å². The average Bonchev–Trinajstić information content (AvgIpc) is 3.06. The topological polar surface area (TPSA) is 54.6 Å². The minimum atomic E-state index is -0.521. The van der Waals surface area contributed by atoms with Crippen molar-refractivity contribution in [3.63, 3.8) is 0 Å². The molecule has 126 valence electrons. The van der Waals surface area contributed by atoms with Gasteiger partial charge in [0.05, 0.1) is 16.3 Å². The van der Waals surface area contributed by atoms with Crippen LogP contribution in [0.5, 0.6) is 0 Å². The van der Waals surface area contributed by atoms with Gasteiger partial charge in [0.2, 0.25) is 0 Å². The molecule has 4 nitrogen and oxygen atoms in total. The lowest BCUT2D eigenvalue weighted by atomic mass is 10.2. The second-order valence-electron chi connectivity index (χ2n) is 5.04. The van der Waals surface area contributed by atoms with Crippen molar-refractivity contribution in [2.75, 3.05) is 0 Å². The molecule has 0 atom stereocenters. The van der Waals surface area contributed by atoms with Crippen LogP contribution in [0, 0.1) is 5.82 Å². The van der Waals surface area contributed by atoms with Crippen LogP contribution in [-0.4, -0.2) is 12.1 Å². The third-order valence-corrected chi connectivity index (χ3v) is 4.01. The van der Waals surface area contributed by atoms with Gasteiger partial charge in [-0.05, 0) is 48.5 Å². The monoisotopic (exact) mass is 376 g/mol. The first-order chi connectivity index (χ1) is 12.0. The lowest BCUT2D eigenvalue weighted by Crippen LogP contribution is -2.17. The minimum Gasteiger partial charge on any atom is -0.455 e. The molecule has 1 heterocycles. The zero-order chi connectivity index (χ0) is 17.8. The Kier molecular flexibility index (Phi) is 5.16. The van der Waals surface area contributed by atoms with Crippen LogP contribution in [-0.2, 0) is 0 Å². The maximum atomic E-state index is 13.1. The van der Waals surface area contributed by atoms with Crippen LogP contribution >= 0.6 is 23.2 Å². The fourth-order valence-electron chi connectivity index (χ4n) is 2.08. The van der Waals surface area contributed by atoms with E-state index >= 15 is 0 Å². The molecule has 0 aliphatic rings. The molecule has 0 aliphatic carbocycles. The van der Waals surface area contributed by atoms with E-state index in [4.69, 9.17) is 27.6 Å². The quantitative estimate of drug-likeness (QED) is 0.505. The zero-order valence-electron chi connectivity index (χ0n) is 12.7. The van der Waals surface area contributed by atoms with Crippen LogP contribution in [0.1, 0.15) is 16.1 Å². The van der Waals surface area contributed by atoms with Gasteiger partial charge in [-0.15, -0.1) is 0 Å². The van der Waals surface area contributed by atoms with Gasteiger partial charge in [-0.2, -0.15) is 5.10 Å². The van der Waals surface area contributed by atoms with E-state index in [-0.39, 0.29) is 5.56 Å². The second-order valence-corrected chi connectivity index (χ2v) is 5.85. The molecular weight excluding hydrogens is 366 g/mol. The predicted molar refractivity (Wildman–Crippen MR) is 95.6 cm³/mol. The van der Waals surface area contributed by atoms with Crippen LogP contribution in [0.2, 0.25) is 10.0 Å². The Balaban J connectivity index is 1.67. The van der Waals surface area contributed by atoms with Crippen LogP contribution in [0.15, 0.2) is 64.1 Å². The Morgan fingerprint density at radius 3 is 2.68 bits per heavy atom. The molecule has 0 saturated heterocycles. The van der Waals surface area contributed by atoms with Crippen molar-refractivity contribution in [2.45, 2.75) is 0 Å². The van der Waals surface area contributed by atoms with Gasteiger partial charge >= 0.3 is 0 Å². The molecule has 0 saturated carbocycles. The molecule has 1 amide bonds. The van der Waals surface area contributed by atoms with Gasteiger partial charge < -0.3 is 4.42 Å². The predicted octanol–water partition coefficient (Wildman–Crippen LogP) is 5.16. The summed E-state index contributed by atoms with van der Waals surface area (Å²) in [6.07, 6.45) is 1.35. The summed E-state index contributed by atoms with van der Waals surface area (Å²) in [6, 6.07) is 13.9. The van der Waals surface area contributed by atoms with Crippen molar-refractivity contribution in [1.82, 2.24) is 5.43 Å². The number of amides is 1. The minimum absolute atomic E-state index is 0.174. The number of nitrogens with one attached hydrogen (secondary N) is 1. The number of furan rings is 1. The molecule has 1 aromatic heterocycles. The normalized spacial score (nSPS) is 11.0. The fraction of sp³-hybridized carbons (Fsp3) is 0. The maximum Gasteiger partial charge on any atom is 0.271 e. The van der Waals surface area contributed by atoms with Crippen LogP contribution in [0.25, 0.3) is 11.3 Å². The van der Waals surface area contributed by atoms with Crippen LogP contribution in [0.4, 0.5) is 4.39 Å². The molecule has 1 N–H and O–H groups in total. The Morgan fingerprint density at radius 1 is 1.08 bits per heavy atom. The second kappa shape index (κ2) is 7.51. The van der Waals surface area contributed by atoms with Gasteiger partial charge in [-0.3, -0.25) is 4.79 Å². The molecule has 3 aromatic rings. The number of benzene rings is 2. The summed E-state index contributed by atoms with van der Waals surface area (Å²) in [4.78, 5) is 11.8. The average molecular weight is 377 g/mol. The number of carbonyl (C=O) groups is 1. The Hall–Kier alpha value is -2.63. The highest BCUT2D eigenvalue weighted by Gasteiger charge is 2.07. The summed E-state index contributed by atoms with van der Waals surface area (Å²) < 4.78 is 18.7. The Bertz CT molecular complexity index is 954. The molecule has 3 rings (SSSR count). The van der Waals surface area contributed by atoms with E-state index in [2.05, 4.69) is 10.5 Å². The summed E-state index contributed by atoms with van der Waals surface area (Å²) in [5.41, 5.74) is 3.24. The zero-order valence-corrected chi connectivity index (χ0v) is 14.2. The fourth-order valence-corrected chi connectivity index (χ4v) is 2.37. The molecule has 0 unspecified atom stereocenters. The third kappa shape index (κ3) is 4.26. The molecule has 0 bridgehead atoms. The standard InChI is InChI=1S/C18H11Cl2FN2O2/c19-15-6-4-11(9-16(15)20)17-7-5-14(25-17)10-22-23-18(24)12-2-1-3-13(21)8-12/h1-10H,(H,23,24)/b22-10+. The van der Waals surface area contributed by atoms with Crippen LogP contribution in [0.3, 0.4) is 0 Å². The highest BCUT2D eigenvalue weighted by Crippen LogP contribution is 2.29. The van der Waals surface area contributed by atoms with E-state index in [9.17, 15) is 9.18 Å². The molecule has 0 fully saturated rings. The SMILES string of the molecule is O=C(N/N=C/c1ccc(-c2ccc(Cl)c(Cl)c2)o1)c1cccc(F)c1. The van der Waals surface area contributed by atoms with Gasteiger partial charge in [0.25, 0.3) is 5.91 Å². The first-order valence-electron chi connectivity index (χ1n) is 7.17. The molecule has 25 heavy (non-hydrogen) atoms. The summed E-state index contributed by atoms with van der Waals surface area (Å²) in [7, 11) is 0. The van der Waals surface area contributed by atoms with Gasteiger partial charge in [-0.1, -0.05) is 29.3 Å². The van der Waals surface area contributed by atoms with Crippen molar-refractivity contribution in [2.24, 2.45) is 5.10 Å². The van der Waals surface area contributed by atoms with Gasteiger partial charge in [0.15, 0.2) is 0 Å². The molecule has 7 heteroatoms. The van der Waals surface area contributed by atoms with E-state index in [1.54, 1.807) is 30.3 Å². The van der Waals surface area contributed by atoms with Gasteiger partial charge in [0.1, 0.15) is 17.3 Å². The lowest BCUT2D eigenvalue weighted by molar-refractivity contribution is 0.0954. The number of halogens is 3. The van der Waals surface area contributed by atoms with Crippen molar-refractivity contribution in [3.05, 3.63) is 81.8 Å². The van der Waals surface area contributed by atoms with Crippen molar-refractivity contribution >= 4 is 35.3 Å². The van der Waals surface area contributed by atoms with E-state index < -0.39 is 11.7 Å². The molecule has 0 spiro atoms. The molecule has 0 radical (unpaired) electrons. The van der Waals surface area contributed by atoms with E-state index in [1.165, 1.54) is 24.4 Å². The number of carbonyl (C=O) groups excluding carboxylic acids is 1.